The first-order valence-corrected chi connectivity index (χ1v) is 6.10. The molecule has 0 atom stereocenters. The molecule has 17 heavy (non-hydrogen) atoms. The summed E-state index contributed by atoms with van der Waals surface area (Å²) < 4.78 is 5.34. The Bertz CT molecular complexity index is 337. The monoisotopic (exact) mass is 236 g/mol. The third-order valence-corrected chi connectivity index (χ3v) is 2.81. The minimum atomic E-state index is 0.122. The summed E-state index contributed by atoms with van der Waals surface area (Å²) in [6.45, 7) is 6.31. The molecular weight excluding hydrogens is 212 g/mol. The van der Waals surface area contributed by atoms with E-state index in [9.17, 15) is 0 Å². The minimum Gasteiger partial charge on any atom is -0.496 e. The third-order valence-electron chi connectivity index (χ3n) is 2.81. The maximum atomic E-state index is 5.34. The van der Waals surface area contributed by atoms with Crippen LogP contribution in [0.15, 0.2) is 24.3 Å². The van der Waals surface area contributed by atoms with Crippen LogP contribution in [0.3, 0.4) is 0 Å². The van der Waals surface area contributed by atoms with Crippen molar-refractivity contribution in [3.05, 3.63) is 29.8 Å². The number of benzene rings is 1. The first-order valence-electron chi connectivity index (χ1n) is 6.10. The third kappa shape index (κ3) is 4.75. The molecular formula is C14H24N2O. The normalized spacial score (nSPS) is 11.5. The highest BCUT2D eigenvalue weighted by atomic mass is 16.5. The van der Waals surface area contributed by atoms with Crippen LogP contribution in [0.2, 0.25) is 0 Å². The zero-order valence-corrected chi connectivity index (χ0v) is 11.3. The number of rotatable bonds is 7. The molecule has 3 nitrogen and oxygen atoms in total. The van der Waals surface area contributed by atoms with Crippen LogP contribution in [0.5, 0.6) is 5.75 Å². The van der Waals surface area contributed by atoms with Gasteiger partial charge in [0, 0.05) is 12.1 Å². The van der Waals surface area contributed by atoms with Gasteiger partial charge in [-0.05, 0) is 45.5 Å². The van der Waals surface area contributed by atoms with E-state index in [1.807, 2.05) is 19.2 Å². The van der Waals surface area contributed by atoms with E-state index < -0.39 is 0 Å². The Morgan fingerprint density at radius 3 is 2.59 bits per heavy atom. The fourth-order valence-corrected chi connectivity index (χ4v) is 1.95. The van der Waals surface area contributed by atoms with Crippen molar-refractivity contribution < 1.29 is 4.74 Å². The van der Waals surface area contributed by atoms with Gasteiger partial charge in [-0.1, -0.05) is 18.2 Å². The Hall–Kier alpha value is -1.06. The van der Waals surface area contributed by atoms with Gasteiger partial charge in [-0.3, -0.25) is 0 Å². The molecule has 3 heteroatoms. The van der Waals surface area contributed by atoms with Gasteiger partial charge in [0.1, 0.15) is 5.75 Å². The smallest absolute Gasteiger partial charge is 0.122 e. The number of para-hydroxylation sites is 1. The van der Waals surface area contributed by atoms with Gasteiger partial charge in [0.25, 0.3) is 0 Å². The van der Waals surface area contributed by atoms with Crippen molar-refractivity contribution in [2.75, 3.05) is 27.2 Å². The second kappa shape index (κ2) is 6.62. The quantitative estimate of drug-likeness (QED) is 0.757. The summed E-state index contributed by atoms with van der Waals surface area (Å²) in [5.74, 6) is 0.973. The average molecular weight is 236 g/mol. The Balaban J connectivity index is 2.45. The zero-order chi connectivity index (χ0) is 12.7. The van der Waals surface area contributed by atoms with Gasteiger partial charge in [0.05, 0.1) is 7.11 Å². The first kappa shape index (κ1) is 14.0. The summed E-state index contributed by atoms with van der Waals surface area (Å²) in [5, 5.41) is 6.73. The summed E-state index contributed by atoms with van der Waals surface area (Å²) in [6.07, 6.45) is 0.983. The van der Waals surface area contributed by atoms with Crippen molar-refractivity contribution >= 4 is 0 Å². The molecule has 0 aromatic heterocycles. The van der Waals surface area contributed by atoms with Crippen LogP contribution in [0.25, 0.3) is 0 Å². The van der Waals surface area contributed by atoms with Crippen LogP contribution >= 0.6 is 0 Å². The van der Waals surface area contributed by atoms with Crippen LogP contribution in [0.4, 0.5) is 0 Å². The zero-order valence-electron chi connectivity index (χ0n) is 11.3. The fraction of sp³-hybridized carbons (Fsp3) is 0.571. The molecule has 1 rings (SSSR count). The minimum absolute atomic E-state index is 0.122. The number of hydrogen-bond donors (Lipinski definition) is 2. The summed E-state index contributed by atoms with van der Waals surface area (Å²) >= 11 is 0. The average Bonchev–Trinajstić information content (AvgIpc) is 2.29. The molecule has 1 aromatic carbocycles. The maximum Gasteiger partial charge on any atom is 0.122 e. The lowest BCUT2D eigenvalue weighted by Crippen LogP contribution is -2.47. The van der Waals surface area contributed by atoms with E-state index in [4.69, 9.17) is 4.74 Å². The SMILES string of the molecule is CNCC(C)(C)NCCc1ccccc1OC. The molecule has 0 radical (unpaired) electrons. The molecule has 0 saturated carbocycles. The molecule has 0 amide bonds. The Morgan fingerprint density at radius 2 is 1.94 bits per heavy atom. The van der Waals surface area contributed by atoms with Crippen molar-refractivity contribution in [2.24, 2.45) is 0 Å². The van der Waals surface area contributed by atoms with Gasteiger partial charge < -0.3 is 15.4 Å². The maximum absolute atomic E-state index is 5.34. The lowest BCUT2D eigenvalue weighted by atomic mass is 10.0. The number of nitrogens with one attached hydrogen (secondary N) is 2. The lowest BCUT2D eigenvalue weighted by Gasteiger charge is -2.26. The topological polar surface area (TPSA) is 33.3 Å². The van der Waals surface area contributed by atoms with Crippen molar-refractivity contribution in [3.8, 4) is 5.75 Å². The van der Waals surface area contributed by atoms with E-state index in [-0.39, 0.29) is 5.54 Å². The summed E-state index contributed by atoms with van der Waals surface area (Å²) in [7, 11) is 3.70. The van der Waals surface area contributed by atoms with Gasteiger partial charge in [-0.25, -0.2) is 0 Å². The van der Waals surface area contributed by atoms with Crippen LogP contribution in [-0.2, 0) is 6.42 Å². The van der Waals surface area contributed by atoms with E-state index in [0.717, 1.165) is 25.3 Å². The van der Waals surface area contributed by atoms with Crippen LogP contribution in [-0.4, -0.2) is 32.8 Å². The van der Waals surface area contributed by atoms with Crippen molar-refractivity contribution in [1.29, 1.82) is 0 Å². The molecule has 1 aromatic rings. The largest absolute Gasteiger partial charge is 0.496 e. The Labute approximate surface area is 105 Å². The highest BCUT2D eigenvalue weighted by Crippen LogP contribution is 2.17. The van der Waals surface area contributed by atoms with Crippen LogP contribution < -0.4 is 15.4 Å². The molecule has 0 heterocycles. The molecule has 0 aliphatic carbocycles. The van der Waals surface area contributed by atoms with E-state index in [1.165, 1.54) is 5.56 Å². The predicted molar refractivity (Wildman–Crippen MR) is 72.7 cm³/mol. The molecule has 0 unspecified atom stereocenters. The second-order valence-electron chi connectivity index (χ2n) is 4.90. The van der Waals surface area contributed by atoms with Crippen LogP contribution in [0.1, 0.15) is 19.4 Å². The highest BCUT2D eigenvalue weighted by Gasteiger charge is 2.15. The van der Waals surface area contributed by atoms with E-state index in [1.54, 1.807) is 7.11 Å². The van der Waals surface area contributed by atoms with Crippen LogP contribution in [0, 0.1) is 0 Å². The summed E-state index contributed by atoms with van der Waals surface area (Å²) in [6, 6.07) is 8.18. The molecule has 0 saturated heterocycles. The summed E-state index contributed by atoms with van der Waals surface area (Å²) in [4.78, 5) is 0. The highest BCUT2D eigenvalue weighted by molar-refractivity contribution is 5.33. The predicted octanol–water partition coefficient (Wildman–Crippen LogP) is 1.83. The molecule has 0 aliphatic heterocycles. The van der Waals surface area contributed by atoms with Gasteiger partial charge in [-0.2, -0.15) is 0 Å². The molecule has 2 N–H and O–H groups in total. The fourth-order valence-electron chi connectivity index (χ4n) is 1.95. The number of likely N-dealkylation sites (N-methyl/N-ethyl adjacent to an activating group) is 1. The standard InChI is InChI=1S/C14H24N2O/c1-14(2,11-15-3)16-10-9-12-7-5-6-8-13(12)17-4/h5-8,15-16H,9-11H2,1-4H3. The Kier molecular flexibility index (Phi) is 5.45. The Morgan fingerprint density at radius 1 is 1.24 bits per heavy atom. The van der Waals surface area contributed by atoms with E-state index in [2.05, 4.69) is 36.6 Å². The van der Waals surface area contributed by atoms with Crippen molar-refractivity contribution in [2.45, 2.75) is 25.8 Å². The molecule has 0 spiro atoms. The van der Waals surface area contributed by atoms with Gasteiger partial charge in [-0.15, -0.1) is 0 Å². The van der Waals surface area contributed by atoms with Crippen molar-refractivity contribution in [3.63, 3.8) is 0 Å². The summed E-state index contributed by atoms with van der Waals surface area (Å²) in [5.41, 5.74) is 1.37. The van der Waals surface area contributed by atoms with E-state index >= 15 is 0 Å². The van der Waals surface area contributed by atoms with Crippen molar-refractivity contribution in [1.82, 2.24) is 10.6 Å². The molecule has 0 bridgehead atoms. The molecule has 96 valence electrons. The number of hydrogen-bond acceptors (Lipinski definition) is 3. The number of ether oxygens (including phenoxy) is 1. The van der Waals surface area contributed by atoms with E-state index in [0.29, 0.717) is 0 Å². The second-order valence-corrected chi connectivity index (χ2v) is 4.90. The van der Waals surface area contributed by atoms with Gasteiger partial charge in [0.2, 0.25) is 0 Å². The number of methoxy groups -OCH3 is 1. The van der Waals surface area contributed by atoms with Gasteiger partial charge >= 0.3 is 0 Å². The van der Waals surface area contributed by atoms with Gasteiger partial charge in [0.15, 0.2) is 0 Å². The lowest BCUT2D eigenvalue weighted by molar-refractivity contribution is 0.374. The molecule has 0 aliphatic rings. The molecule has 0 fully saturated rings. The first-order chi connectivity index (χ1) is 8.09.